The molecule has 1 aliphatic heterocycles. The van der Waals surface area contributed by atoms with Crippen molar-refractivity contribution in [3.63, 3.8) is 0 Å². The summed E-state index contributed by atoms with van der Waals surface area (Å²) in [4.78, 5) is 8.01. The van der Waals surface area contributed by atoms with Gasteiger partial charge in [-0.3, -0.25) is 0 Å². The third-order valence-electron chi connectivity index (χ3n) is 5.90. The van der Waals surface area contributed by atoms with Crippen LogP contribution in [0.3, 0.4) is 0 Å². The topological polar surface area (TPSA) is 64.8 Å². The molecule has 1 fully saturated rings. The first kappa shape index (κ1) is 19.8. The molecule has 0 bridgehead atoms. The second-order valence-corrected chi connectivity index (χ2v) is 8.86. The summed E-state index contributed by atoms with van der Waals surface area (Å²) in [7, 11) is 0. The molecular weight excluding hydrogens is 402 g/mol. The molecular formula is C25H27N5S. The maximum Gasteiger partial charge on any atom is 0.183 e. The summed E-state index contributed by atoms with van der Waals surface area (Å²) in [5.41, 5.74) is 6.61. The fourth-order valence-corrected chi connectivity index (χ4v) is 4.93. The molecule has 5 rings (SSSR count). The second-order valence-electron chi connectivity index (χ2n) is 8.01. The number of anilines is 2. The van der Waals surface area contributed by atoms with Gasteiger partial charge in [0, 0.05) is 29.3 Å². The van der Waals surface area contributed by atoms with Crippen molar-refractivity contribution in [2.75, 3.05) is 23.7 Å². The maximum absolute atomic E-state index is 4.74. The zero-order valence-electron chi connectivity index (χ0n) is 17.4. The van der Waals surface area contributed by atoms with Crippen molar-refractivity contribution in [1.29, 1.82) is 0 Å². The number of thiazole rings is 1. The second kappa shape index (κ2) is 8.96. The molecule has 31 heavy (non-hydrogen) atoms. The molecule has 2 aromatic carbocycles. The van der Waals surface area contributed by atoms with Gasteiger partial charge in [0.05, 0.1) is 11.4 Å². The van der Waals surface area contributed by atoms with E-state index in [0.717, 1.165) is 47.4 Å². The Bertz CT molecular complexity index is 1190. The lowest BCUT2D eigenvalue weighted by Crippen LogP contribution is -2.27. The van der Waals surface area contributed by atoms with Crippen LogP contribution in [0.15, 0.2) is 66.7 Å². The zero-order valence-corrected chi connectivity index (χ0v) is 18.3. The number of para-hydroxylation sites is 1. The van der Waals surface area contributed by atoms with Gasteiger partial charge in [-0.2, -0.15) is 0 Å². The van der Waals surface area contributed by atoms with Crippen LogP contribution in [0.5, 0.6) is 0 Å². The number of nitrogens with one attached hydrogen (secondary N) is 4. The minimum Gasteiger partial charge on any atom is -0.361 e. The lowest BCUT2D eigenvalue weighted by Gasteiger charge is -2.25. The molecule has 0 atom stereocenters. The van der Waals surface area contributed by atoms with Crippen molar-refractivity contribution >= 4 is 38.8 Å². The van der Waals surface area contributed by atoms with Crippen molar-refractivity contribution in [1.82, 2.24) is 15.3 Å². The number of aromatic amines is 1. The van der Waals surface area contributed by atoms with E-state index in [1.165, 1.54) is 29.4 Å². The van der Waals surface area contributed by atoms with E-state index in [0.29, 0.717) is 5.92 Å². The van der Waals surface area contributed by atoms with Gasteiger partial charge < -0.3 is 20.9 Å². The molecule has 2 aromatic heterocycles. The average Bonchev–Trinajstić information content (AvgIpc) is 3.48. The maximum atomic E-state index is 4.74. The third kappa shape index (κ3) is 4.50. The van der Waals surface area contributed by atoms with Gasteiger partial charge in [0.2, 0.25) is 0 Å². The lowest BCUT2D eigenvalue weighted by atomic mass is 9.89. The van der Waals surface area contributed by atoms with E-state index in [2.05, 4.69) is 81.4 Å². The van der Waals surface area contributed by atoms with E-state index in [9.17, 15) is 0 Å². The molecule has 0 amide bonds. The summed E-state index contributed by atoms with van der Waals surface area (Å²) in [5.74, 6) is 0.586. The van der Waals surface area contributed by atoms with E-state index in [4.69, 9.17) is 4.98 Å². The summed E-state index contributed by atoms with van der Waals surface area (Å²) in [6.45, 7) is 7.15. The first-order valence-corrected chi connectivity index (χ1v) is 11.7. The molecule has 158 valence electrons. The Hall–Kier alpha value is -3.09. The first-order chi connectivity index (χ1) is 15.3. The van der Waals surface area contributed by atoms with Gasteiger partial charge in [0.15, 0.2) is 5.13 Å². The van der Waals surface area contributed by atoms with Crippen LogP contribution in [-0.4, -0.2) is 23.1 Å². The fourth-order valence-electron chi connectivity index (χ4n) is 4.20. The van der Waals surface area contributed by atoms with Gasteiger partial charge >= 0.3 is 0 Å². The van der Waals surface area contributed by atoms with Crippen LogP contribution < -0.4 is 16.0 Å². The highest BCUT2D eigenvalue weighted by Crippen LogP contribution is 2.33. The predicted octanol–water partition coefficient (Wildman–Crippen LogP) is 5.79. The summed E-state index contributed by atoms with van der Waals surface area (Å²) in [6, 6.07) is 17.1. The van der Waals surface area contributed by atoms with Crippen molar-refractivity contribution in [3.05, 3.63) is 83.5 Å². The molecule has 0 spiro atoms. The Kier molecular flexibility index (Phi) is 5.74. The van der Waals surface area contributed by atoms with E-state index in [-0.39, 0.29) is 0 Å². The summed E-state index contributed by atoms with van der Waals surface area (Å²) >= 11 is 1.61. The molecule has 3 heterocycles. The number of hydrogen-bond donors (Lipinski definition) is 4. The van der Waals surface area contributed by atoms with Gasteiger partial charge in [-0.25, -0.2) is 4.98 Å². The normalized spacial score (nSPS) is 14.6. The monoisotopic (exact) mass is 429 g/mol. The Morgan fingerprint density at radius 3 is 2.90 bits per heavy atom. The van der Waals surface area contributed by atoms with Crippen LogP contribution in [0.1, 0.15) is 35.6 Å². The van der Waals surface area contributed by atoms with E-state index in [1.54, 1.807) is 11.3 Å². The van der Waals surface area contributed by atoms with E-state index in [1.807, 2.05) is 6.20 Å². The summed E-state index contributed by atoms with van der Waals surface area (Å²) in [6.07, 6.45) is 4.31. The molecule has 4 aromatic rings. The smallest absolute Gasteiger partial charge is 0.183 e. The number of hydrogen-bond acceptors (Lipinski definition) is 5. The highest BCUT2D eigenvalue weighted by molar-refractivity contribution is 7.13. The van der Waals surface area contributed by atoms with Crippen molar-refractivity contribution in [2.45, 2.75) is 25.3 Å². The van der Waals surface area contributed by atoms with Crippen LogP contribution in [0.2, 0.25) is 0 Å². The molecule has 1 aliphatic rings. The highest BCUT2D eigenvalue weighted by Gasteiger charge is 2.18. The largest absolute Gasteiger partial charge is 0.361 e. The Morgan fingerprint density at radius 1 is 1.13 bits per heavy atom. The number of fused-ring (bicyclic) bond motifs is 1. The van der Waals surface area contributed by atoms with Gasteiger partial charge in [0.1, 0.15) is 0 Å². The first-order valence-electron chi connectivity index (χ1n) is 10.8. The quantitative estimate of drug-likeness (QED) is 0.300. The third-order valence-corrected chi connectivity index (χ3v) is 6.70. The van der Waals surface area contributed by atoms with E-state index < -0.39 is 0 Å². The SMILES string of the molecule is C=C(Nc1ccccc1C1CCNCC1)c1csc(NCc2ccc3cc[nH]c3c2)n1. The number of rotatable bonds is 7. The number of H-pyrrole nitrogens is 1. The predicted molar refractivity (Wildman–Crippen MR) is 132 cm³/mol. The van der Waals surface area contributed by atoms with Crippen molar-refractivity contribution in [3.8, 4) is 0 Å². The van der Waals surface area contributed by atoms with Crippen LogP contribution in [0.25, 0.3) is 16.6 Å². The van der Waals surface area contributed by atoms with Crippen LogP contribution in [0.4, 0.5) is 10.8 Å². The number of nitrogens with zero attached hydrogens (tertiary/aromatic N) is 1. The lowest BCUT2D eigenvalue weighted by molar-refractivity contribution is 0.461. The molecule has 4 N–H and O–H groups in total. The van der Waals surface area contributed by atoms with Crippen molar-refractivity contribution in [2.24, 2.45) is 0 Å². The molecule has 0 saturated carbocycles. The minimum absolute atomic E-state index is 0.586. The van der Waals surface area contributed by atoms with Crippen LogP contribution >= 0.6 is 11.3 Å². The highest BCUT2D eigenvalue weighted by atomic mass is 32.1. The van der Waals surface area contributed by atoms with Gasteiger partial charge in [-0.05, 0) is 66.6 Å². The Labute approximate surface area is 186 Å². The van der Waals surface area contributed by atoms with Gasteiger partial charge in [-0.15, -0.1) is 11.3 Å². The van der Waals surface area contributed by atoms with E-state index >= 15 is 0 Å². The van der Waals surface area contributed by atoms with Crippen LogP contribution in [0, 0.1) is 0 Å². The molecule has 1 saturated heterocycles. The molecule has 0 unspecified atom stereocenters. The Balaban J connectivity index is 1.24. The average molecular weight is 430 g/mol. The molecule has 0 aliphatic carbocycles. The Morgan fingerprint density at radius 2 is 2.00 bits per heavy atom. The van der Waals surface area contributed by atoms with Crippen LogP contribution in [-0.2, 0) is 6.54 Å². The molecule has 5 nitrogen and oxygen atoms in total. The molecule has 6 heteroatoms. The fraction of sp³-hybridized carbons (Fsp3) is 0.240. The van der Waals surface area contributed by atoms with Crippen molar-refractivity contribution < 1.29 is 0 Å². The minimum atomic E-state index is 0.586. The standard InChI is InChI=1S/C25H27N5S/c1-17(29-22-5-3-2-4-21(22)19-8-11-26-12-9-19)24-16-31-25(30-24)28-15-18-6-7-20-10-13-27-23(20)14-18/h2-7,10,13-14,16,19,26-27,29H,1,8-9,11-12,15H2,(H,28,30). The van der Waals surface area contributed by atoms with Gasteiger partial charge in [0.25, 0.3) is 0 Å². The number of piperidine rings is 1. The summed E-state index contributed by atoms with van der Waals surface area (Å²) in [5, 5.41) is 14.6. The van der Waals surface area contributed by atoms with Gasteiger partial charge in [-0.1, -0.05) is 36.9 Å². The number of benzene rings is 2. The number of aromatic nitrogens is 2. The zero-order chi connectivity index (χ0) is 21.0. The summed E-state index contributed by atoms with van der Waals surface area (Å²) < 4.78 is 0. The molecule has 0 radical (unpaired) electrons.